The van der Waals surface area contributed by atoms with Crippen LogP contribution < -0.4 is 29.6 Å². The molecule has 1 aromatic heterocycles. The van der Waals surface area contributed by atoms with E-state index in [0.29, 0.717) is 46.0 Å². The second-order valence-corrected chi connectivity index (χ2v) is 7.56. The molecule has 182 valence electrons. The predicted molar refractivity (Wildman–Crippen MR) is 127 cm³/mol. The molecule has 0 aliphatic heterocycles. The maximum Gasteiger partial charge on any atom is 0.319 e. The molecule has 2 amide bonds. The van der Waals surface area contributed by atoms with Crippen molar-refractivity contribution < 1.29 is 28.3 Å². The largest absolute Gasteiger partial charge is 0.497 e. The molecule has 0 fully saturated rings. The van der Waals surface area contributed by atoms with Crippen molar-refractivity contribution in [3.8, 4) is 34.4 Å². The fraction of sp³-hybridized carbons (Fsp3) is 0.375. The third-order valence-electron chi connectivity index (χ3n) is 5.48. The first-order valence-electron chi connectivity index (χ1n) is 10.8. The van der Waals surface area contributed by atoms with Crippen molar-refractivity contribution in [2.45, 2.75) is 26.3 Å². The lowest BCUT2D eigenvalue weighted by molar-refractivity contribution is 0.232. The highest BCUT2D eigenvalue weighted by atomic mass is 16.5. The Morgan fingerprint density at radius 1 is 1.00 bits per heavy atom. The van der Waals surface area contributed by atoms with Gasteiger partial charge in [0, 0.05) is 11.3 Å². The van der Waals surface area contributed by atoms with E-state index in [-0.39, 0.29) is 11.9 Å². The first kappa shape index (κ1) is 24.7. The first-order valence-corrected chi connectivity index (χ1v) is 10.8. The molecule has 2 aromatic carbocycles. The minimum atomic E-state index is -0.494. The minimum Gasteiger partial charge on any atom is -0.497 e. The summed E-state index contributed by atoms with van der Waals surface area (Å²) in [5, 5.41) is 9.87. The molecule has 2 atom stereocenters. The van der Waals surface area contributed by atoms with Crippen molar-refractivity contribution in [3.05, 3.63) is 42.3 Å². The van der Waals surface area contributed by atoms with Crippen LogP contribution in [0.25, 0.3) is 11.4 Å². The molecule has 10 heteroatoms. The molecule has 2 unspecified atom stereocenters. The zero-order chi connectivity index (χ0) is 24.7. The van der Waals surface area contributed by atoms with Crippen LogP contribution in [-0.4, -0.2) is 44.6 Å². The molecule has 2 N–H and O–H groups in total. The molecule has 3 aromatic rings. The van der Waals surface area contributed by atoms with E-state index in [1.807, 2.05) is 13.8 Å². The highest BCUT2D eigenvalue weighted by molar-refractivity contribution is 5.89. The van der Waals surface area contributed by atoms with E-state index in [1.165, 1.54) is 21.3 Å². The van der Waals surface area contributed by atoms with Crippen molar-refractivity contribution in [2.24, 2.45) is 5.92 Å². The number of anilines is 1. The van der Waals surface area contributed by atoms with Gasteiger partial charge in [-0.25, -0.2) is 4.79 Å². The number of amides is 2. The Morgan fingerprint density at radius 3 is 2.18 bits per heavy atom. The van der Waals surface area contributed by atoms with Gasteiger partial charge in [0.1, 0.15) is 11.8 Å². The Kier molecular flexibility index (Phi) is 8.18. The van der Waals surface area contributed by atoms with Gasteiger partial charge in [-0.15, -0.1) is 0 Å². The van der Waals surface area contributed by atoms with Crippen LogP contribution in [0.2, 0.25) is 0 Å². The van der Waals surface area contributed by atoms with E-state index in [0.717, 1.165) is 6.42 Å². The van der Waals surface area contributed by atoms with Crippen LogP contribution in [0.1, 0.15) is 32.2 Å². The lowest BCUT2D eigenvalue weighted by Gasteiger charge is -2.21. The summed E-state index contributed by atoms with van der Waals surface area (Å²) in [7, 11) is 6.19. The van der Waals surface area contributed by atoms with Crippen LogP contribution in [0, 0.1) is 5.92 Å². The molecule has 0 bridgehead atoms. The van der Waals surface area contributed by atoms with Crippen LogP contribution in [0.15, 0.2) is 40.9 Å². The van der Waals surface area contributed by atoms with E-state index in [2.05, 4.69) is 20.8 Å². The number of methoxy groups -OCH3 is 4. The highest BCUT2D eigenvalue weighted by Gasteiger charge is 2.27. The maximum absolute atomic E-state index is 12.7. The van der Waals surface area contributed by atoms with Crippen molar-refractivity contribution in [1.29, 1.82) is 0 Å². The first-order chi connectivity index (χ1) is 16.4. The Hall–Kier alpha value is -3.95. The number of carbonyl (C=O) groups excluding carboxylic acids is 1. The molecule has 0 spiro atoms. The average Bonchev–Trinajstić information content (AvgIpc) is 3.36. The number of aromatic nitrogens is 2. The zero-order valence-electron chi connectivity index (χ0n) is 20.2. The van der Waals surface area contributed by atoms with Gasteiger partial charge < -0.3 is 34.1 Å². The Labute approximate surface area is 198 Å². The van der Waals surface area contributed by atoms with Gasteiger partial charge in [-0.1, -0.05) is 25.4 Å². The molecule has 0 aliphatic carbocycles. The van der Waals surface area contributed by atoms with Gasteiger partial charge in [-0.3, -0.25) is 0 Å². The van der Waals surface area contributed by atoms with Crippen molar-refractivity contribution >= 4 is 11.7 Å². The van der Waals surface area contributed by atoms with Crippen molar-refractivity contribution in [2.75, 3.05) is 33.8 Å². The molecular formula is C24H30N4O6. The number of hydrogen-bond acceptors (Lipinski definition) is 8. The van der Waals surface area contributed by atoms with E-state index in [9.17, 15) is 4.79 Å². The van der Waals surface area contributed by atoms with Gasteiger partial charge in [0.15, 0.2) is 11.5 Å². The minimum absolute atomic E-state index is 0.0369. The SMILES string of the molecule is CCC(C)C(NC(=O)Nc1ccc(OC)cc1)c1nc(-c2cc(OC)c(OC)c(OC)c2)no1. The van der Waals surface area contributed by atoms with E-state index >= 15 is 0 Å². The molecule has 1 heterocycles. The molecule has 3 rings (SSSR count). The summed E-state index contributed by atoms with van der Waals surface area (Å²) in [6.45, 7) is 4.03. The van der Waals surface area contributed by atoms with Crippen LogP contribution in [0.3, 0.4) is 0 Å². The van der Waals surface area contributed by atoms with Gasteiger partial charge >= 0.3 is 6.03 Å². The summed E-state index contributed by atoms with van der Waals surface area (Å²) < 4.78 is 26.9. The Morgan fingerprint density at radius 2 is 1.65 bits per heavy atom. The standard InChI is InChI=1S/C24H30N4O6/c1-7-14(2)20(26-24(29)25-16-8-10-17(30-3)11-9-16)23-27-22(28-34-23)15-12-18(31-4)21(33-6)19(13-15)32-5/h8-14,20H,7H2,1-6H3,(H2,25,26,29). The average molecular weight is 471 g/mol. The zero-order valence-corrected chi connectivity index (χ0v) is 20.2. The Bertz CT molecular complexity index is 1070. The van der Waals surface area contributed by atoms with Crippen LogP contribution in [0.5, 0.6) is 23.0 Å². The molecule has 0 aliphatic rings. The number of nitrogens with zero attached hydrogens (tertiary/aromatic N) is 2. The molecule has 34 heavy (non-hydrogen) atoms. The van der Waals surface area contributed by atoms with E-state index in [4.69, 9.17) is 23.5 Å². The quantitative estimate of drug-likeness (QED) is 0.439. The number of ether oxygens (including phenoxy) is 4. The molecular weight excluding hydrogens is 440 g/mol. The number of benzene rings is 2. The van der Waals surface area contributed by atoms with E-state index in [1.54, 1.807) is 43.5 Å². The molecule has 10 nitrogen and oxygen atoms in total. The smallest absolute Gasteiger partial charge is 0.319 e. The maximum atomic E-state index is 12.7. The summed E-state index contributed by atoms with van der Waals surface area (Å²) in [5.41, 5.74) is 1.25. The number of carbonyl (C=O) groups is 1. The fourth-order valence-electron chi connectivity index (χ4n) is 3.35. The Balaban J connectivity index is 1.83. The van der Waals surface area contributed by atoms with Gasteiger partial charge in [-0.05, 0) is 42.3 Å². The summed E-state index contributed by atoms with van der Waals surface area (Å²) in [4.78, 5) is 17.2. The lowest BCUT2D eigenvalue weighted by Crippen LogP contribution is -2.35. The summed E-state index contributed by atoms with van der Waals surface area (Å²) >= 11 is 0. The fourth-order valence-corrected chi connectivity index (χ4v) is 3.35. The monoisotopic (exact) mass is 470 g/mol. The van der Waals surface area contributed by atoms with Crippen LogP contribution in [-0.2, 0) is 0 Å². The van der Waals surface area contributed by atoms with Crippen molar-refractivity contribution in [3.63, 3.8) is 0 Å². The van der Waals surface area contributed by atoms with Crippen LogP contribution >= 0.6 is 0 Å². The second kappa shape index (κ2) is 11.3. The summed E-state index contributed by atoms with van der Waals surface area (Å²) in [6.07, 6.45) is 0.787. The normalized spacial score (nSPS) is 12.4. The topological polar surface area (TPSA) is 117 Å². The number of urea groups is 1. The summed E-state index contributed by atoms with van der Waals surface area (Å²) in [6, 6.07) is 9.63. The molecule has 0 saturated carbocycles. The van der Waals surface area contributed by atoms with Gasteiger partial charge in [0.05, 0.1) is 28.4 Å². The third-order valence-corrected chi connectivity index (χ3v) is 5.48. The van der Waals surface area contributed by atoms with Crippen LogP contribution in [0.4, 0.5) is 10.5 Å². The predicted octanol–water partition coefficient (Wildman–Crippen LogP) is 4.68. The number of rotatable bonds is 10. The lowest BCUT2D eigenvalue weighted by atomic mass is 9.99. The molecule has 0 saturated heterocycles. The highest BCUT2D eigenvalue weighted by Crippen LogP contribution is 2.40. The summed E-state index contributed by atoms with van der Waals surface area (Å²) in [5.74, 6) is 2.77. The van der Waals surface area contributed by atoms with Gasteiger partial charge in [0.25, 0.3) is 0 Å². The third kappa shape index (κ3) is 5.51. The van der Waals surface area contributed by atoms with E-state index < -0.39 is 6.04 Å². The van der Waals surface area contributed by atoms with Gasteiger partial charge in [-0.2, -0.15) is 4.98 Å². The number of nitrogens with one attached hydrogen (secondary N) is 2. The second-order valence-electron chi connectivity index (χ2n) is 7.56. The van der Waals surface area contributed by atoms with Gasteiger partial charge in [0.2, 0.25) is 17.5 Å². The molecule has 0 radical (unpaired) electrons. The number of hydrogen-bond donors (Lipinski definition) is 2. The van der Waals surface area contributed by atoms with Crippen molar-refractivity contribution in [1.82, 2.24) is 15.5 Å².